The fourth-order valence-electron chi connectivity index (χ4n) is 2.16. The molecule has 0 fully saturated rings. The van der Waals surface area contributed by atoms with Crippen LogP contribution in [-0.4, -0.2) is 25.2 Å². The fraction of sp³-hybridized carbons (Fsp3) is 0.429. The van der Waals surface area contributed by atoms with Crippen LogP contribution < -0.4 is 0 Å². The second-order valence-corrected chi connectivity index (χ2v) is 5.49. The molecule has 0 aliphatic rings. The quantitative estimate of drug-likeness (QED) is 0.187. The Labute approximate surface area is 151 Å². The van der Waals surface area contributed by atoms with Gasteiger partial charge in [-0.15, -0.1) is 6.58 Å². The number of ether oxygens (including phenoxy) is 2. The Morgan fingerprint density at radius 1 is 0.840 bits per heavy atom. The van der Waals surface area contributed by atoms with E-state index in [1.54, 1.807) is 0 Å². The van der Waals surface area contributed by atoms with Gasteiger partial charge in [0.25, 0.3) is 0 Å². The van der Waals surface area contributed by atoms with Gasteiger partial charge >= 0.3 is 11.9 Å². The van der Waals surface area contributed by atoms with Gasteiger partial charge in [0.1, 0.15) is 6.61 Å². The van der Waals surface area contributed by atoms with Crippen LogP contribution in [0, 0.1) is 5.92 Å². The molecule has 0 heterocycles. The zero-order valence-electron chi connectivity index (χ0n) is 15.0. The van der Waals surface area contributed by atoms with Crippen LogP contribution >= 0.6 is 0 Å². The summed E-state index contributed by atoms with van der Waals surface area (Å²) in [7, 11) is 0. The van der Waals surface area contributed by atoms with Gasteiger partial charge in [-0.05, 0) is 44.4 Å². The SMILES string of the molecule is C=CCC(CC=CCCOC(=O)C=C)CCCC=CCOC(=O)C=C. The van der Waals surface area contributed by atoms with Crippen molar-refractivity contribution >= 4 is 11.9 Å². The minimum Gasteiger partial charge on any atom is -0.462 e. The summed E-state index contributed by atoms with van der Waals surface area (Å²) in [6, 6.07) is 0. The Bertz CT molecular complexity index is 474. The molecule has 0 aromatic rings. The van der Waals surface area contributed by atoms with Crippen molar-refractivity contribution in [2.75, 3.05) is 13.2 Å². The summed E-state index contributed by atoms with van der Waals surface area (Å²) in [5.74, 6) is -0.219. The predicted molar refractivity (Wildman–Crippen MR) is 102 cm³/mol. The van der Waals surface area contributed by atoms with E-state index in [1.807, 2.05) is 24.3 Å². The molecule has 0 aliphatic carbocycles. The van der Waals surface area contributed by atoms with Crippen molar-refractivity contribution in [3.8, 4) is 0 Å². The molecule has 25 heavy (non-hydrogen) atoms. The first kappa shape index (κ1) is 22.6. The van der Waals surface area contributed by atoms with Gasteiger partial charge in [-0.1, -0.05) is 43.5 Å². The van der Waals surface area contributed by atoms with E-state index in [0.717, 1.165) is 38.2 Å². The maximum absolute atomic E-state index is 10.9. The number of carbonyl (C=O) groups is 2. The normalized spacial score (nSPS) is 12.0. The molecule has 0 bridgehead atoms. The Morgan fingerprint density at radius 2 is 1.52 bits per heavy atom. The van der Waals surface area contributed by atoms with Crippen molar-refractivity contribution in [3.63, 3.8) is 0 Å². The lowest BCUT2D eigenvalue weighted by Crippen LogP contribution is -2.01. The van der Waals surface area contributed by atoms with Crippen molar-refractivity contribution in [1.82, 2.24) is 0 Å². The van der Waals surface area contributed by atoms with E-state index >= 15 is 0 Å². The standard InChI is InChI=1S/C21H30O4/c1-4-14-19(16-11-9-13-18-25-21(23)6-3)15-10-7-8-12-17-24-20(22)5-2/h4-6,8-9,11-12,19H,1-3,7,10,13-18H2. The van der Waals surface area contributed by atoms with Gasteiger partial charge in [-0.2, -0.15) is 0 Å². The lowest BCUT2D eigenvalue weighted by Gasteiger charge is -2.11. The zero-order valence-corrected chi connectivity index (χ0v) is 15.0. The summed E-state index contributed by atoms with van der Waals surface area (Å²) in [5, 5.41) is 0. The third kappa shape index (κ3) is 14.9. The number of hydrogen-bond acceptors (Lipinski definition) is 4. The highest BCUT2D eigenvalue weighted by atomic mass is 16.5. The topological polar surface area (TPSA) is 52.6 Å². The van der Waals surface area contributed by atoms with Crippen LogP contribution in [0.1, 0.15) is 38.5 Å². The summed E-state index contributed by atoms with van der Waals surface area (Å²) in [5.41, 5.74) is 0. The Hall–Kier alpha value is -2.36. The molecular formula is C21H30O4. The van der Waals surface area contributed by atoms with E-state index in [-0.39, 0.29) is 5.97 Å². The lowest BCUT2D eigenvalue weighted by molar-refractivity contribution is -0.138. The molecule has 0 saturated carbocycles. The number of allylic oxidation sites excluding steroid dienone is 3. The molecular weight excluding hydrogens is 316 g/mol. The smallest absolute Gasteiger partial charge is 0.330 e. The summed E-state index contributed by atoms with van der Waals surface area (Å²) < 4.78 is 9.77. The van der Waals surface area contributed by atoms with Gasteiger partial charge in [-0.25, -0.2) is 9.59 Å². The number of rotatable bonds is 15. The first-order valence-corrected chi connectivity index (χ1v) is 8.63. The second-order valence-electron chi connectivity index (χ2n) is 5.49. The highest BCUT2D eigenvalue weighted by Gasteiger charge is 2.04. The molecule has 0 aromatic carbocycles. The van der Waals surface area contributed by atoms with Gasteiger partial charge in [0, 0.05) is 12.2 Å². The maximum Gasteiger partial charge on any atom is 0.330 e. The van der Waals surface area contributed by atoms with E-state index in [0.29, 0.717) is 25.6 Å². The van der Waals surface area contributed by atoms with Gasteiger partial charge in [0.05, 0.1) is 6.61 Å². The molecule has 4 nitrogen and oxygen atoms in total. The zero-order chi connectivity index (χ0) is 18.8. The number of esters is 2. The third-order valence-electron chi connectivity index (χ3n) is 3.47. The average molecular weight is 346 g/mol. The van der Waals surface area contributed by atoms with Crippen LogP contribution in [0.5, 0.6) is 0 Å². The number of hydrogen-bond donors (Lipinski definition) is 0. The Morgan fingerprint density at radius 3 is 2.20 bits per heavy atom. The van der Waals surface area contributed by atoms with E-state index in [2.05, 4.69) is 25.8 Å². The van der Waals surface area contributed by atoms with E-state index in [1.165, 1.54) is 6.08 Å². The van der Waals surface area contributed by atoms with Crippen molar-refractivity contribution in [2.24, 2.45) is 5.92 Å². The minimum atomic E-state index is -0.401. The maximum atomic E-state index is 10.9. The highest BCUT2D eigenvalue weighted by molar-refractivity contribution is 5.81. The molecule has 0 saturated heterocycles. The molecule has 0 amide bonds. The predicted octanol–water partition coefficient (Wildman–Crippen LogP) is 4.70. The molecule has 4 heteroatoms. The van der Waals surface area contributed by atoms with Gasteiger partial charge in [-0.3, -0.25) is 0 Å². The molecule has 0 rings (SSSR count). The molecule has 0 spiro atoms. The van der Waals surface area contributed by atoms with Crippen LogP contribution in [0.2, 0.25) is 0 Å². The van der Waals surface area contributed by atoms with Gasteiger partial charge in [0.15, 0.2) is 0 Å². The molecule has 138 valence electrons. The van der Waals surface area contributed by atoms with Crippen LogP contribution in [0.3, 0.4) is 0 Å². The monoisotopic (exact) mass is 346 g/mol. The summed E-state index contributed by atoms with van der Waals surface area (Å²) in [6.07, 6.45) is 18.2. The van der Waals surface area contributed by atoms with Crippen molar-refractivity contribution in [3.05, 3.63) is 62.3 Å². The van der Waals surface area contributed by atoms with Crippen LogP contribution in [-0.2, 0) is 19.1 Å². The largest absolute Gasteiger partial charge is 0.462 e. The molecule has 1 unspecified atom stereocenters. The molecule has 0 N–H and O–H groups in total. The van der Waals surface area contributed by atoms with Crippen LogP contribution in [0.25, 0.3) is 0 Å². The molecule has 1 atom stereocenters. The van der Waals surface area contributed by atoms with E-state index in [4.69, 9.17) is 9.47 Å². The minimum absolute atomic E-state index is 0.292. The van der Waals surface area contributed by atoms with Crippen molar-refractivity contribution < 1.29 is 19.1 Å². The Balaban J connectivity index is 3.86. The van der Waals surface area contributed by atoms with Gasteiger partial charge < -0.3 is 9.47 Å². The summed E-state index contributed by atoms with van der Waals surface area (Å²) >= 11 is 0. The van der Waals surface area contributed by atoms with Crippen LogP contribution in [0.15, 0.2) is 62.3 Å². The van der Waals surface area contributed by atoms with E-state index < -0.39 is 5.97 Å². The molecule has 0 aliphatic heterocycles. The van der Waals surface area contributed by atoms with Crippen molar-refractivity contribution in [1.29, 1.82) is 0 Å². The summed E-state index contributed by atoms with van der Waals surface area (Å²) in [4.78, 5) is 21.7. The number of unbranched alkanes of at least 4 members (excludes halogenated alkanes) is 1. The lowest BCUT2D eigenvalue weighted by atomic mass is 9.94. The first-order valence-electron chi connectivity index (χ1n) is 8.63. The average Bonchev–Trinajstić information content (AvgIpc) is 2.62. The fourth-order valence-corrected chi connectivity index (χ4v) is 2.16. The van der Waals surface area contributed by atoms with Gasteiger partial charge in [0.2, 0.25) is 0 Å². The highest BCUT2D eigenvalue weighted by Crippen LogP contribution is 2.18. The first-order chi connectivity index (χ1) is 12.1. The molecule has 0 radical (unpaired) electrons. The van der Waals surface area contributed by atoms with Crippen molar-refractivity contribution in [2.45, 2.75) is 38.5 Å². The molecule has 0 aromatic heterocycles. The summed E-state index contributed by atoms with van der Waals surface area (Å²) in [6.45, 7) is 11.2. The van der Waals surface area contributed by atoms with E-state index in [9.17, 15) is 9.59 Å². The number of carbonyl (C=O) groups excluding carboxylic acids is 2. The second kappa shape index (κ2) is 16.5. The third-order valence-corrected chi connectivity index (χ3v) is 3.47. The van der Waals surface area contributed by atoms with Crippen LogP contribution in [0.4, 0.5) is 0 Å². The Kier molecular flexibility index (Phi) is 14.9.